The van der Waals surface area contributed by atoms with Gasteiger partial charge in [-0.3, -0.25) is 4.79 Å². The average molecular weight is 329 g/mol. The van der Waals surface area contributed by atoms with Crippen LogP contribution in [0.3, 0.4) is 0 Å². The zero-order valence-corrected chi connectivity index (χ0v) is 13.2. The van der Waals surface area contributed by atoms with Crippen molar-refractivity contribution in [1.82, 2.24) is 5.32 Å². The highest BCUT2D eigenvalue weighted by atomic mass is 79.9. The normalized spacial score (nSPS) is 12.3. The van der Waals surface area contributed by atoms with Crippen LogP contribution in [0.1, 0.15) is 38.8 Å². The number of amides is 1. The van der Waals surface area contributed by atoms with Crippen LogP contribution in [0.4, 0.5) is 0 Å². The number of nitrogens with two attached hydrogens (primary N) is 1. The van der Waals surface area contributed by atoms with Gasteiger partial charge in [0.25, 0.3) is 0 Å². The van der Waals surface area contributed by atoms with E-state index in [2.05, 4.69) is 21.2 Å². The van der Waals surface area contributed by atoms with Crippen molar-refractivity contribution in [2.75, 3.05) is 6.61 Å². The minimum atomic E-state index is -0.114. The molecule has 1 aromatic rings. The molecule has 0 radical (unpaired) electrons. The van der Waals surface area contributed by atoms with E-state index in [0.717, 1.165) is 15.8 Å². The summed E-state index contributed by atoms with van der Waals surface area (Å²) in [6.07, 6.45) is 0.340. The van der Waals surface area contributed by atoms with Crippen LogP contribution in [-0.2, 0) is 4.79 Å². The molecule has 0 aromatic heterocycles. The number of hydrogen-bond donors (Lipinski definition) is 2. The molecule has 0 saturated heterocycles. The monoisotopic (exact) mass is 328 g/mol. The number of carbonyl (C=O) groups is 1. The molecule has 0 heterocycles. The van der Waals surface area contributed by atoms with Gasteiger partial charge < -0.3 is 15.8 Å². The SMILES string of the molecule is CC(C)NC(=O)CCOc1ccc(Br)cc1C(C)N. The fourth-order valence-electron chi connectivity index (χ4n) is 1.65. The van der Waals surface area contributed by atoms with E-state index in [1.54, 1.807) is 0 Å². The summed E-state index contributed by atoms with van der Waals surface area (Å²) in [6.45, 7) is 6.11. The first kappa shape index (κ1) is 16.0. The molecule has 5 heteroatoms. The van der Waals surface area contributed by atoms with Crippen molar-refractivity contribution >= 4 is 21.8 Å². The van der Waals surface area contributed by atoms with Gasteiger partial charge in [0.2, 0.25) is 5.91 Å². The lowest BCUT2D eigenvalue weighted by Crippen LogP contribution is -2.31. The quantitative estimate of drug-likeness (QED) is 0.843. The second-order valence-corrected chi connectivity index (χ2v) is 5.71. The molecule has 106 valence electrons. The summed E-state index contributed by atoms with van der Waals surface area (Å²) in [5, 5.41) is 2.82. The van der Waals surface area contributed by atoms with E-state index in [-0.39, 0.29) is 18.0 Å². The van der Waals surface area contributed by atoms with Crippen LogP contribution >= 0.6 is 15.9 Å². The van der Waals surface area contributed by atoms with Crippen molar-refractivity contribution in [3.05, 3.63) is 28.2 Å². The first-order chi connectivity index (χ1) is 8.90. The molecule has 0 bridgehead atoms. The standard InChI is InChI=1S/C14H21BrN2O2/c1-9(2)17-14(18)6-7-19-13-5-4-11(15)8-12(13)10(3)16/h4-5,8-10H,6-7,16H2,1-3H3,(H,17,18). The van der Waals surface area contributed by atoms with Gasteiger partial charge in [-0.25, -0.2) is 0 Å². The topological polar surface area (TPSA) is 64.3 Å². The molecule has 1 rings (SSSR count). The molecule has 1 aromatic carbocycles. The summed E-state index contributed by atoms with van der Waals surface area (Å²) in [5.41, 5.74) is 6.83. The van der Waals surface area contributed by atoms with Gasteiger partial charge >= 0.3 is 0 Å². The molecule has 0 spiro atoms. The van der Waals surface area contributed by atoms with Crippen LogP contribution in [0.25, 0.3) is 0 Å². The summed E-state index contributed by atoms with van der Waals surface area (Å²) >= 11 is 3.41. The van der Waals surface area contributed by atoms with Crippen molar-refractivity contribution in [1.29, 1.82) is 0 Å². The number of ether oxygens (including phenoxy) is 1. The lowest BCUT2D eigenvalue weighted by Gasteiger charge is -2.15. The molecule has 1 atom stereocenters. The summed E-state index contributed by atoms with van der Waals surface area (Å²) in [5.74, 6) is 0.727. The highest BCUT2D eigenvalue weighted by molar-refractivity contribution is 9.10. The maximum atomic E-state index is 11.5. The van der Waals surface area contributed by atoms with Gasteiger partial charge in [0, 0.05) is 22.1 Å². The van der Waals surface area contributed by atoms with E-state index in [1.807, 2.05) is 39.0 Å². The lowest BCUT2D eigenvalue weighted by atomic mass is 10.1. The Morgan fingerprint density at radius 2 is 2.11 bits per heavy atom. The van der Waals surface area contributed by atoms with Gasteiger partial charge in [0.15, 0.2) is 0 Å². The second kappa shape index (κ2) is 7.50. The molecule has 0 fully saturated rings. The molecule has 0 aliphatic heterocycles. The Bertz CT molecular complexity index is 433. The van der Waals surface area contributed by atoms with Gasteiger partial charge in [-0.15, -0.1) is 0 Å². The minimum absolute atomic E-state index is 0.00513. The van der Waals surface area contributed by atoms with Crippen LogP contribution in [0.5, 0.6) is 5.75 Å². The third-order valence-electron chi connectivity index (χ3n) is 2.50. The summed E-state index contributed by atoms with van der Waals surface area (Å²) in [6, 6.07) is 5.74. The van der Waals surface area contributed by atoms with E-state index in [1.165, 1.54) is 0 Å². The number of carbonyl (C=O) groups excluding carboxylic acids is 1. The summed E-state index contributed by atoms with van der Waals surface area (Å²) < 4.78 is 6.61. The molecule has 19 heavy (non-hydrogen) atoms. The molecule has 3 N–H and O–H groups in total. The van der Waals surface area contributed by atoms with Crippen LogP contribution in [0.15, 0.2) is 22.7 Å². The Balaban J connectivity index is 2.56. The third kappa shape index (κ3) is 5.61. The number of hydrogen-bond acceptors (Lipinski definition) is 3. The average Bonchev–Trinajstić information content (AvgIpc) is 2.29. The fourth-order valence-corrected chi connectivity index (χ4v) is 2.03. The summed E-state index contributed by atoms with van der Waals surface area (Å²) in [4.78, 5) is 11.5. The predicted octanol–water partition coefficient (Wildman–Crippen LogP) is 2.76. The van der Waals surface area contributed by atoms with Crippen molar-refractivity contribution in [3.63, 3.8) is 0 Å². The van der Waals surface area contributed by atoms with Crippen LogP contribution < -0.4 is 15.8 Å². The Morgan fingerprint density at radius 3 is 2.68 bits per heavy atom. The van der Waals surface area contributed by atoms with E-state index < -0.39 is 0 Å². The number of nitrogens with one attached hydrogen (secondary N) is 1. The number of benzene rings is 1. The Labute approximate surface area is 122 Å². The van der Waals surface area contributed by atoms with E-state index in [0.29, 0.717) is 13.0 Å². The minimum Gasteiger partial charge on any atom is -0.493 e. The smallest absolute Gasteiger partial charge is 0.223 e. The van der Waals surface area contributed by atoms with Gasteiger partial charge in [-0.2, -0.15) is 0 Å². The first-order valence-corrected chi connectivity index (χ1v) is 7.16. The molecular formula is C14H21BrN2O2. The Morgan fingerprint density at radius 1 is 1.42 bits per heavy atom. The predicted molar refractivity (Wildman–Crippen MR) is 80.1 cm³/mol. The van der Waals surface area contributed by atoms with Crippen LogP contribution in [0.2, 0.25) is 0 Å². The van der Waals surface area contributed by atoms with Crippen molar-refractivity contribution in [2.45, 2.75) is 39.3 Å². The molecule has 4 nitrogen and oxygen atoms in total. The van der Waals surface area contributed by atoms with Crippen LogP contribution in [-0.4, -0.2) is 18.6 Å². The summed E-state index contributed by atoms with van der Waals surface area (Å²) in [7, 11) is 0. The van der Waals surface area contributed by atoms with Gasteiger partial charge in [0.05, 0.1) is 13.0 Å². The maximum absolute atomic E-state index is 11.5. The molecule has 1 amide bonds. The molecule has 1 unspecified atom stereocenters. The van der Waals surface area contributed by atoms with Crippen molar-refractivity contribution < 1.29 is 9.53 Å². The van der Waals surface area contributed by atoms with E-state index in [9.17, 15) is 4.79 Å². The third-order valence-corrected chi connectivity index (χ3v) is 2.99. The largest absolute Gasteiger partial charge is 0.493 e. The zero-order valence-electron chi connectivity index (χ0n) is 11.6. The van der Waals surface area contributed by atoms with Gasteiger partial charge in [-0.1, -0.05) is 15.9 Å². The zero-order chi connectivity index (χ0) is 14.4. The molecule has 0 aliphatic carbocycles. The lowest BCUT2D eigenvalue weighted by molar-refractivity contribution is -0.122. The Kier molecular flexibility index (Phi) is 6.31. The fraction of sp³-hybridized carbons (Fsp3) is 0.500. The van der Waals surface area contributed by atoms with Gasteiger partial charge in [-0.05, 0) is 39.0 Å². The maximum Gasteiger partial charge on any atom is 0.223 e. The van der Waals surface area contributed by atoms with Crippen molar-refractivity contribution in [3.8, 4) is 5.75 Å². The molecular weight excluding hydrogens is 308 g/mol. The highest BCUT2D eigenvalue weighted by Gasteiger charge is 2.10. The Hall–Kier alpha value is -1.07. The first-order valence-electron chi connectivity index (χ1n) is 6.37. The van der Waals surface area contributed by atoms with Crippen LogP contribution in [0, 0.1) is 0 Å². The van der Waals surface area contributed by atoms with E-state index in [4.69, 9.17) is 10.5 Å². The second-order valence-electron chi connectivity index (χ2n) is 4.79. The number of halogens is 1. The number of rotatable bonds is 6. The van der Waals surface area contributed by atoms with E-state index >= 15 is 0 Å². The van der Waals surface area contributed by atoms with Crippen molar-refractivity contribution in [2.24, 2.45) is 5.73 Å². The van der Waals surface area contributed by atoms with Gasteiger partial charge in [0.1, 0.15) is 5.75 Å². The highest BCUT2D eigenvalue weighted by Crippen LogP contribution is 2.27. The molecule has 0 saturated carbocycles. The molecule has 0 aliphatic rings.